The van der Waals surface area contributed by atoms with Crippen molar-refractivity contribution in [2.75, 3.05) is 5.32 Å². The number of para-hydroxylation sites is 1. The highest BCUT2D eigenvalue weighted by Crippen LogP contribution is 2.23. The molecule has 0 fully saturated rings. The fourth-order valence-corrected chi connectivity index (χ4v) is 1.97. The van der Waals surface area contributed by atoms with Crippen LogP contribution in [-0.4, -0.2) is 11.9 Å². The standard InChI is InChI=1S/C13H18N2/c1-3-4-9-13-14-10(2)11-7-5-6-8-12(11)15-13/h5-8,13,15H,3-4,9H2,1-2H3. The maximum atomic E-state index is 4.67. The summed E-state index contributed by atoms with van der Waals surface area (Å²) in [7, 11) is 0. The molecule has 1 heterocycles. The summed E-state index contributed by atoms with van der Waals surface area (Å²) in [6.45, 7) is 4.31. The minimum atomic E-state index is 0.278. The van der Waals surface area contributed by atoms with Crippen molar-refractivity contribution in [2.24, 2.45) is 4.99 Å². The number of aliphatic imine (C=N–C) groups is 1. The van der Waals surface area contributed by atoms with Crippen molar-refractivity contribution in [1.82, 2.24) is 0 Å². The average Bonchev–Trinajstić information content (AvgIpc) is 2.26. The van der Waals surface area contributed by atoms with Crippen LogP contribution in [0.1, 0.15) is 38.7 Å². The number of unbranched alkanes of at least 4 members (excludes halogenated alkanes) is 1. The van der Waals surface area contributed by atoms with Crippen LogP contribution in [0.4, 0.5) is 5.69 Å². The lowest BCUT2D eigenvalue weighted by Gasteiger charge is -2.24. The molecule has 2 heteroatoms. The predicted molar refractivity (Wildman–Crippen MR) is 65.6 cm³/mol. The summed E-state index contributed by atoms with van der Waals surface area (Å²) in [4.78, 5) is 4.67. The number of hydrogen-bond acceptors (Lipinski definition) is 2. The molecule has 1 N–H and O–H groups in total. The van der Waals surface area contributed by atoms with Crippen molar-refractivity contribution >= 4 is 11.4 Å². The van der Waals surface area contributed by atoms with Gasteiger partial charge in [0, 0.05) is 17.0 Å². The lowest BCUT2D eigenvalue weighted by Crippen LogP contribution is -2.24. The molecule has 15 heavy (non-hydrogen) atoms. The van der Waals surface area contributed by atoms with E-state index in [-0.39, 0.29) is 6.17 Å². The van der Waals surface area contributed by atoms with Crippen LogP contribution in [0.5, 0.6) is 0 Å². The van der Waals surface area contributed by atoms with E-state index in [4.69, 9.17) is 0 Å². The minimum Gasteiger partial charge on any atom is -0.363 e. The normalized spacial score (nSPS) is 19.1. The summed E-state index contributed by atoms with van der Waals surface area (Å²) in [6.07, 6.45) is 3.87. The van der Waals surface area contributed by atoms with Crippen molar-refractivity contribution in [1.29, 1.82) is 0 Å². The summed E-state index contributed by atoms with van der Waals surface area (Å²) < 4.78 is 0. The van der Waals surface area contributed by atoms with Gasteiger partial charge in [-0.05, 0) is 25.8 Å². The van der Waals surface area contributed by atoms with E-state index in [2.05, 4.69) is 48.4 Å². The summed E-state index contributed by atoms with van der Waals surface area (Å²) in [6, 6.07) is 8.39. The molecule has 0 spiro atoms. The zero-order valence-electron chi connectivity index (χ0n) is 9.46. The Morgan fingerprint density at radius 2 is 2.13 bits per heavy atom. The van der Waals surface area contributed by atoms with E-state index in [0.717, 1.165) is 12.1 Å². The lowest BCUT2D eigenvalue weighted by atomic mass is 10.1. The molecule has 0 bridgehead atoms. The number of benzene rings is 1. The predicted octanol–water partition coefficient (Wildman–Crippen LogP) is 3.44. The second kappa shape index (κ2) is 4.47. The molecule has 0 saturated carbocycles. The van der Waals surface area contributed by atoms with Crippen LogP contribution in [-0.2, 0) is 0 Å². The second-order valence-electron chi connectivity index (χ2n) is 4.06. The monoisotopic (exact) mass is 202 g/mol. The van der Waals surface area contributed by atoms with Crippen molar-refractivity contribution in [2.45, 2.75) is 39.3 Å². The van der Waals surface area contributed by atoms with Crippen molar-refractivity contribution < 1.29 is 0 Å². The van der Waals surface area contributed by atoms with Gasteiger partial charge in [-0.3, -0.25) is 4.99 Å². The first-order chi connectivity index (χ1) is 7.31. The molecule has 80 valence electrons. The van der Waals surface area contributed by atoms with Crippen LogP contribution in [0.3, 0.4) is 0 Å². The molecule has 0 aromatic heterocycles. The summed E-state index contributed by atoms with van der Waals surface area (Å²) in [5.74, 6) is 0. The van der Waals surface area contributed by atoms with Crippen LogP contribution < -0.4 is 5.32 Å². The molecule has 1 aromatic carbocycles. The fraction of sp³-hybridized carbons (Fsp3) is 0.462. The molecule has 0 saturated heterocycles. The fourth-order valence-electron chi connectivity index (χ4n) is 1.97. The zero-order valence-corrected chi connectivity index (χ0v) is 9.46. The average molecular weight is 202 g/mol. The van der Waals surface area contributed by atoms with Gasteiger partial charge < -0.3 is 5.32 Å². The van der Waals surface area contributed by atoms with Crippen LogP contribution in [0.15, 0.2) is 29.3 Å². The van der Waals surface area contributed by atoms with E-state index in [1.165, 1.54) is 24.1 Å². The van der Waals surface area contributed by atoms with Gasteiger partial charge in [-0.1, -0.05) is 31.5 Å². The van der Waals surface area contributed by atoms with Crippen LogP contribution in [0, 0.1) is 0 Å². The summed E-state index contributed by atoms with van der Waals surface area (Å²) in [5.41, 5.74) is 3.63. The summed E-state index contributed by atoms with van der Waals surface area (Å²) in [5, 5.41) is 3.47. The Kier molecular flexibility index (Phi) is 3.05. The first-order valence-electron chi connectivity index (χ1n) is 5.71. The van der Waals surface area contributed by atoms with Crippen LogP contribution in [0.25, 0.3) is 0 Å². The molecule has 1 atom stereocenters. The van der Waals surface area contributed by atoms with Gasteiger partial charge in [-0.2, -0.15) is 0 Å². The van der Waals surface area contributed by atoms with Crippen molar-refractivity contribution in [3.05, 3.63) is 29.8 Å². The van der Waals surface area contributed by atoms with E-state index < -0.39 is 0 Å². The molecule has 1 aliphatic rings. The highest BCUT2D eigenvalue weighted by atomic mass is 15.1. The van der Waals surface area contributed by atoms with Gasteiger partial charge in [0.05, 0.1) is 0 Å². The Balaban J connectivity index is 2.17. The maximum Gasteiger partial charge on any atom is 0.118 e. The topological polar surface area (TPSA) is 24.4 Å². The largest absolute Gasteiger partial charge is 0.363 e. The number of fused-ring (bicyclic) bond motifs is 1. The van der Waals surface area contributed by atoms with E-state index in [1.54, 1.807) is 0 Å². The van der Waals surface area contributed by atoms with Crippen molar-refractivity contribution in [3.8, 4) is 0 Å². The molecular weight excluding hydrogens is 184 g/mol. The number of anilines is 1. The second-order valence-corrected chi connectivity index (χ2v) is 4.06. The van der Waals surface area contributed by atoms with Gasteiger partial charge in [0.15, 0.2) is 0 Å². The highest BCUT2D eigenvalue weighted by Gasteiger charge is 2.15. The molecule has 1 aromatic rings. The van der Waals surface area contributed by atoms with Gasteiger partial charge in [-0.15, -0.1) is 0 Å². The van der Waals surface area contributed by atoms with Crippen LogP contribution in [0.2, 0.25) is 0 Å². The quantitative estimate of drug-likeness (QED) is 0.797. The molecule has 2 nitrogen and oxygen atoms in total. The Hall–Kier alpha value is -1.31. The van der Waals surface area contributed by atoms with Crippen LogP contribution >= 0.6 is 0 Å². The van der Waals surface area contributed by atoms with E-state index >= 15 is 0 Å². The Morgan fingerprint density at radius 3 is 2.93 bits per heavy atom. The first kappa shape index (κ1) is 10.2. The molecule has 0 amide bonds. The molecule has 0 aliphatic carbocycles. The van der Waals surface area contributed by atoms with E-state index in [1.807, 2.05) is 0 Å². The third kappa shape index (κ3) is 2.20. The van der Waals surface area contributed by atoms with Gasteiger partial charge >= 0.3 is 0 Å². The van der Waals surface area contributed by atoms with E-state index in [0.29, 0.717) is 0 Å². The highest BCUT2D eigenvalue weighted by molar-refractivity contribution is 6.04. The zero-order chi connectivity index (χ0) is 10.7. The molecule has 1 unspecified atom stereocenters. The Morgan fingerprint density at radius 1 is 1.33 bits per heavy atom. The number of nitrogens with zero attached hydrogens (tertiary/aromatic N) is 1. The number of hydrogen-bond donors (Lipinski definition) is 1. The van der Waals surface area contributed by atoms with Crippen molar-refractivity contribution in [3.63, 3.8) is 0 Å². The lowest BCUT2D eigenvalue weighted by molar-refractivity contribution is 0.624. The number of nitrogens with one attached hydrogen (secondary N) is 1. The maximum absolute atomic E-state index is 4.67. The molecular formula is C13H18N2. The van der Waals surface area contributed by atoms with Gasteiger partial charge in [-0.25, -0.2) is 0 Å². The minimum absolute atomic E-state index is 0.278. The third-order valence-electron chi connectivity index (χ3n) is 2.82. The summed E-state index contributed by atoms with van der Waals surface area (Å²) >= 11 is 0. The smallest absolute Gasteiger partial charge is 0.118 e. The van der Waals surface area contributed by atoms with Gasteiger partial charge in [0.25, 0.3) is 0 Å². The van der Waals surface area contributed by atoms with Gasteiger partial charge in [0.2, 0.25) is 0 Å². The number of rotatable bonds is 3. The molecule has 1 aliphatic heterocycles. The Labute approximate surface area is 91.4 Å². The molecule has 2 rings (SSSR count). The molecule has 0 radical (unpaired) electrons. The van der Waals surface area contributed by atoms with E-state index in [9.17, 15) is 0 Å². The first-order valence-corrected chi connectivity index (χ1v) is 5.71. The third-order valence-corrected chi connectivity index (χ3v) is 2.82. The van der Waals surface area contributed by atoms with Gasteiger partial charge in [0.1, 0.15) is 6.17 Å². The SMILES string of the molecule is CCCCC1N=C(C)c2ccccc2N1. The Bertz CT molecular complexity index is 369.